The third kappa shape index (κ3) is 4.16. The van der Waals surface area contributed by atoms with E-state index in [0.717, 1.165) is 16.4 Å². The zero-order valence-electron chi connectivity index (χ0n) is 14.8. The smallest absolute Gasteiger partial charge is 0.191 e. The molecule has 0 fully saturated rings. The van der Waals surface area contributed by atoms with Gasteiger partial charge in [-0.2, -0.15) is 0 Å². The molecule has 134 valence electrons. The topological polar surface area (TPSA) is 60.7 Å². The Balaban J connectivity index is 1.79. The second-order valence-corrected chi connectivity index (χ2v) is 7.41. The van der Waals surface area contributed by atoms with E-state index in [1.54, 1.807) is 30.6 Å². The molecule has 26 heavy (non-hydrogen) atoms. The minimum atomic E-state index is -0.384. The van der Waals surface area contributed by atoms with E-state index < -0.39 is 0 Å². The SMILES string of the molecule is Cc1cccc(C(=O)Cc2cc(C(C)Sc3nncn3C)ccc2F)n1. The fourth-order valence-electron chi connectivity index (χ4n) is 2.55. The van der Waals surface area contributed by atoms with E-state index in [1.807, 2.05) is 31.5 Å². The molecule has 0 aliphatic carbocycles. The lowest BCUT2D eigenvalue weighted by atomic mass is 10.0. The lowest BCUT2D eigenvalue weighted by Crippen LogP contribution is -2.08. The Bertz CT molecular complexity index is 941. The van der Waals surface area contributed by atoms with E-state index in [1.165, 1.54) is 17.8 Å². The van der Waals surface area contributed by atoms with Gasteiger partial charge in [0.2, 0.25) is 0 Å². The summed E-state index contributed by atoms with van der Waals surface area (Å²) in [5.41, 5.74) is 2.43. The van der Waals surface area contributed by atoms with Gasteiger partial charge in [-0.15, -0.1) is 10.2 Å². The van der Waals surface area contributed by atoms with Crippen LogP contribution < -0.4 is 0 Å². The maximum atomic E-state index is 14.2. The Labute approximate surface area is 155 Å². The molecule has 3 aromatic rings. The molecule has 1 aromatic carbocycles. The van der Waals surface area contributed by atoms with Gasteiger partial charge in [-0.25, -0.2) is 4.39 Å². The minimum Gasteiger partial charge on any atom is -0.312 e. The number of thioether (sulfide) groups is 1. The highest BCUT2D eigenvalue weighted by Crippen LogP contribution is 2.34. The molecule has 0 aliphatic heterocycles. The molecule has 0 amide bonds. The number of pyridine rings is 1. The summed E-state index contributed by atoms with van der Waals surface area (Å²) >= 11 is 1.53. The molecule has 5 nitrogen and oxygen atoms in total. The third-order valence-electron chi connectivity index (χ3n) is 4.02. The number of ketones is 1. The summed E-state index contributed by atoms with van der Waals surface area (Å²) in [5, 5.41) is 8.74. The van der Waals surface area contributed by atoms with Crippen LogP contribution in [0.4, 0.5) is 4.39 Å². The monoisotopic (exact) mass is 370 g/mol. The third-order valence-corrected chi connectivity index (χ3v) is 5.22. The van der Waals surface area contributed by atoms with Gasteiger partial charge in [0.25, 0.3) is 0 Å². The summed E-state index contributed by atoms with van der Waals surface area (Å²) in [4.78, 5) is 16.7. The molecule has 2 aromatic heterocycles. The maximum absolute atomic E-state index is 14.2. The van der Waals surface area contributed by atoms with E-state index in [2.05, 4.69) is 15.2 Å². The van der Waals surface area contributed by atoms with Crippen molar-refractivity contribution in [1.82, 2.24) is 19.7 Å². The van der Waals surface area contributed by atoms with Crippen LogP contribution in [0.3, 0.4) is 0 Å². The molecule has 1 atom stereocenters. The predicted octanol–water partition coefficient (Wildman–Crippen LogP) is 3.94. The van der Waals surface area contributed by atoms with Gasteiger partial charge in [-0.1, -0.05) is 30.0 Å². The van der Waals surface area contributed by atoms with Crippen LogP contribution in [0.15, 0.2) is 47.9 Å². The van der Waals surface area contributed by atoms with Crippen LogP contribution in [-0.2, 0) is 13.5 Å². The molecule has 2 heterocycles. The van der Waals surface area contributed by atoms with E-state index in [9.17, 15) is 9.18 Å². The van der Waals surface area contributed by atoms with Crippen molar-refractivity contribution in [1.29, 1.82) is 0 Å². The number of hydrogen-bond donors (Lipinski definition) is 0. The van der Waals surface area contributed by atoms with E-state index >= 15 is 0 Å². The Morgan fingerprint density at radius 1 is 1.31 bits per heavy atom. The van der Waals surface area contributed by atoms with Crippen molar-refractivity contribution in [2.24, 2.45) is 7.05 Å². The molecular weight excluding hydrogens is 351 g/mol. The van der Waals surface area contributed by atoms with Crippen molar-refractivity contribution in [2.45, 2.75) is 30.7 Å². The van der Waals surface area contributed by atoms with Crippen LogP contribution in [0, 0.1) is 12.7 Å². The van der Waals surface area contributed by atoms with Crippen molar-refractivity contribution in [2.75, 3.05) is 0 Å². The first-order valence-electron chi connectivity index (χ1n) is 8.20. The van der Waals surface area contributed by atoms with Gasteiger partial charge in [0.15, 0.2) is 10.9 Å². The molecule has 3 rings (SSSR count). The lowest BCUT2D eigenvalue weighted by Gasteiger charge is -2.13. The van der Waals surface area contributed by atoms with E-state index in [4.69, 9.17) is 0 Å². The second kappa shape index (κ2) is 7.78. The highest BCUT2D eigenvalue weighted by atomic mass is 32.2. The van der Waals surface area contributed by atoms with Crippen molar-refractivity contribution in [3.63, 3.8) is 0 Å². The largest absolute Gasteiger partial charge is 0.312 e. The van der Waals surface area contributed by atoms with Gasteiger partial charge in [0, 0.05) is 24.4 Å². The molecule has 0 spiro atoms. The van der Waals surface area contributed by atoms with Crippen LogP contribution in [0.1, 0.15) is 39.5 Å². The van der Waals surface area contributed by atoms with Crippen molar-refractivity contribution in [3.05, 3.63) is 71.1 Å². The molecule has 0 N–H and O–H groups in total. The van der Waals surface area contributed by atoms with Crippen LogP contribution >= 0.6 is 11.8 Å². The first-order valence-corrected chi connectivity index (χ1v) is 9.08. The number of aryl methyl sites for hydroxylation is 2. The summed E-state index contributed by atoms with van der Waals surface area (Å²) in [6.07, 6.45) is 1.62. The standard InChI is InChI=1S/C19H19FN4OS/c1-12-5-4-6-17(22-12)18(25)10-15-9-14(7-8-16(15)20)13(2)26-19-23-21-11-24(19)3/h4-9,11,13H,10H2,1-3H3. The van der Waals surface area contributed by atoms with Gasteiger partial charge in [-0.05, 0) is 43.2 Å². The van der Waals surface area contributed by atoms with Gasteiger partial charge in [0.1, 0.15) is 17.8 Å². The number of rotatable bonds is 6. The molecule has 0 saturated heterocycles. The number of halogens is 1. The first kappa shape index (κ1) is 18.3. The van der Waals surface area contributed by atoms with Gasteiger partial charge in [0.05, 0.1) is 0 Å². The zero-order valence-corrected chi connectivity index (χ0v) is 15.6. The van der Waals surface area contributed by atoms with Crippen LogP contribution in [-0.4, -0.2) is 25.5 Å². The number of carbonyl (C=O) groups is 1. The average molecular weight is 370 g/mol. The van der Waals surface area contributed by atoms with E-state index in [-0.39, 0.29) is 23.3 Å². The van der Waals surface area contributed by atoms with Crippen LogP contribution in [0.25, 0.3) is 0 Å². The van der Waals surface area contributed by atoms with Crippen molar-refractivity contribution < 1.29 is 9.18 Å². The zero-order chi connectivity index (χ0) is 18.7. The predicted molar refractivity (Wildman–Crippen MR) is 98.7 cm³/mol. The molecule has 7 heteroatoms. The average Bonchev–Trinajstić information content (AvgIpc) is 3.01. The van der Waals surface area contributed by atoms with Gasteiger partial charge >= 0.3 is 0 Å². The quantitative estimate of drug-likeness (QED) is 0.486. The molecule has 0 radical (unpaired) electrons. The van der Waals surface area contributed by atoms with Gasteiger partial charge < -0.3 is 4.57 Å². The number of aromatic nitrogens is 4. The molecule has 0 aliphatic rings. The van der Waals surface area contributed by atoms with Crippen LogP contribution in [0.2, 0.25) is 0 Å². The van der Waals surface area contributed by atoms with Crippen molar-refractivity contribution >= 4 is 17.5 Å². The summed E-state index contributed by atoms with van der Waals surface area (Å²) in [6.45, 7) is 3.84. The Hall–Kier alpha value is -2.54. The molecule has 0 saturated carbocycles. The second-order valence-electron chi connectivity index (χ2n) is 6.10. The first-order chi connectivity index (χ1) is 12.4. The highest BCUT2D eigenvalue weighted by Gasteiger charge is 2.16. The van der Waals surface area contributed by atoms with Crippen LogP contribution in [0.5, 0.6) is 0 Å². The van der Waals surface area contributed by atoms with E-state index in [0.29, 0.717) is 11.3 Å². The number of Topliss-reactive ketones (excluding diaryl/α,β-unsaturated/α-hetero) is 1. The fraction of sp³-hybridized carbons (Fsp3) is 0.263. The highest BCUT2D eigenvalue weighted by molar-refractivity contribution is 7.99. The fourth-order valence-corrected chi connectivity index (χ4v) is 3.46. The molecule has 0 bridgehead atoms. The molecule has 1 unspecified atom stereocenters. The Kier molecular flexibility index (Phi) is 5.46. The maximum Gasteiger partial charge on any atom is 0.191 e. The molecular formula is C19H19FN4OS. The lowest BCUT2D eigenvalue weighted by molar-refractivity contribution is 0.0987. The summed E-state index contributed by atoms with van der Waals surface area (Å²) in [7, 11) is 1.87. The summed E-state index contributed by atoms with van der Waals surface area (Å²) in [6, 6.07) is 10.2. The number of hydrogen-bond acceptors (Lipinski definition) is 5. The van der Waals surface area contributed by atoms with Crippen molar-refractivity contribution in [3.8, 4) is 0 Å². The number of nitrogens with zero attached hydrogens (tertiary/aromatic N) is 4. The number of benzene rings is 1. The normalized spacial score (nSPS) is 12.2. The Morgan fingerprint density at radius 3 is 2.81 bits per heavy atom. The summed E-state index contributed by atoms with van der Waals surface area (Å²) < 4.78 is 16.1. The number of carbonyl (C=O) groups excluding carboxylic acids is 1. The van der Waals surface area contributed by atoms with Gasteiger partial charge in [-0.3, -0.25) is 9.78 Å². The minimum absolute atomic E-state index is 0.0164. The summed E-state index contributed by atoms with van der Waals surface area (Å²) in [5.74, 6) is -0.580. The Morgan fingerprint density at radius 2 is 2.12 bits per heavy atom.